The standard InChI is InChI=1S/C15H13BrF2/c1-9-7-11(8-10(2)15(9)18)14(16)12-5-3-4-6-13(12)17/h3-8,14H,1-2H3. The van der Waals surface area contributed by atoms with Gasteiger partial charge in [0.05, 0.1) is 4.83 Å². The molecule has 1 unspecified atom stereocenters. The number of halogens is 3. The van der Waals surface area contributed by atoms with Crippen molar-refractivity contribution in [3.63, 3.8) is 0 Å². The molecule has 1 atom stereocenters. The van der Waals surface area contributed by atoms with Crippen LogP contribution in [0.3, 0.4) is 0 Å². The third-order valence-electron chi connectivity index (χ3n) is 2.93. The van der Waals surface area contributed by atoms with Gasteiger partial charge in [-0.05, 0) is 36.6 Å². The van der Waals surface area contributed by atoms with E-state index < -0.39 is 0 Å². The largest absolute Gasteiger partial charge is 0.207 e. The lowest BCUT2D eigenvalue weighted by Crippen LogP contribution is -1.99. The third kappa shape index (κ3) is 2.46. The van der Waals surface area contributed by atoms with E-state index in [1.807, 2.05) is 0 Å². The van der Waals surface area contributed by atoms with Gasteiger partial charge in [-0.1, -0.05) is 46.3 Å². The van der Waals surface area contributed by atoms with Crippen molar-refractivity contribution in [1.29, 1.82) is 0 Å². The number of benzene rings is 2. The van der Waals surface area contributed by atoms with Gasteiger partial charge in [-0.3, -0.25) is 0 Å². The van der Waals surface area contributed by atoms with Gasteiger partial charge in [0, 0.05) is 5.56 Å². The predicted octanol–water partition coefficient (Wildman–Crippen LogP) is 5.07. The molecule has 0 amide bonds. The van der Waals surface area contributed by atoms with Crippen LogP contribution in [0.15, 0.2) is 36.4 Å². The molecular formula is C15H13BrF2. The molecule has 2 aromatic rings. The van der Waals surface area contributed by atoms with Gasteiger partial charge in [-0.15, -0.1) is 0 Å². The molecule has 0 aliphatic rings. The number of hydrogen-bond donors (Lipinski definition) is 0. The topological polar surface area (TPSA) is 0 Å². The highest BCUT2D eigenvalue weighted by Crippen LogP contribution is 2.33. The minimum atomic E-state index is -0.267. The molecule has 94 valence electrons. The summed E-state index contributed by atoms with van der Waals surface area (Å²) in [6.45, 7) is 3.43. The zero-order valence-electron chi connectivity index (χ0n) is 10.2. The van der Waals surface area contributed by atoms with Crippen molar-refractivity contribution in [3.8, 4) is 0 Å². The Balaban J connectivity index is 2.47. The number of aryl methyl sites for hydroxylation is 2. The van der Waals surface area contributed by atoms with Gasteiger partial charge in [0.1, 0.15) is 11.6 Å². The molecule has 0 saturated heterocycles. The van der Waals surface area contributed by atoms with Gasteiger partial charge in [-0.25, -0.2) is 8.78 Å². The second-order valence-electron chi connectivity index (χ2n) is 4.35. The van der Waals surface area contributed by atoms with E-state index in [1.54, 1.807) is 44.2 Å². The Bertz CT molecular complexity index is 555. The molecule has 0 bridgehead atoms. The molecule has 0 aliphatic carbocycles. The van der Waals surface area contributed by atoms with Crippen LogP contribution in [0.2, 0.25) is 0 Å². The second-order valence-corrected chi connectivity index (χ2v) is 5.27. The zero-order chi connectivity index (χ0) is 13.3. The Morgan fingerprint density at radius 1 is 1.00 bits per heavy atom. The monoisotopic (exact) mass is 310 g/mol. The molecular weight excluding hydrogens is 298 g/mol. The van der Waals surface area contributed by atoms with E-state index >= 15 is 0 Å². The molecule has 18 heavy (non-hydrogen) atoms. The maximum atomic E-state index is 13.7. The first-order valence-corrected chi connectivity index (χ1v) is 6.57. The first-order chi connectivity index (χ1) is 8.50. The van der Waals surface area contributed by atoms with Gasteiger partial charge in [0.15, 0.2) is 0 Å². The fourth-order valence-corrected chi connectivity index (χ4v) is 2.62. The fraction of sp³-hybridized carbons (Fsp3) is 0.200. The van der Waals surface area contributed by atoms with E-state index in [2.05, 4.69) is 15.9 Å². The Kier molecular flexibility index (Phi) is 3.81. The molecule has 0 radical (unpaired) electrons. The van der Waals surface area contributed by atoms with Gasteiger partial charge in [0.2, 0.25) is 0 Å². The van der Waals surface area contributed by atoms with Crippen molar-refractivity contribution in [3.05, 3.63) is 70.3 Å². The van der Waals surface area contributed by atoms with E-state index in [4.69, 9.17) is 0 Å². The van der Waals surface area contributed by atoms with Crippen LogP contribution in [0.5, 0.6) is 0 Å². The van der Waals surface area contributed by atoms with Crippen molar-refractivity contribution in [2.24, 2.45) is 0 Å². The van der Waals surface area contributed by atoms with E-state index in [0.29, 0.717) is 16.7 Å². The average Bonchev–Trinajstić information content (AvgIpc) is 2.35. The first kappa shape index (κ1) is 13.2. The van der Waals surface area contributed by atoms with Gasteiger partial charge in [-0.2, -0.15) is 0 Å². The average molecular weight is 311 g/mol. The summed E-state index contributed by atoms with van der Waals surface area (Å²) < 4.78 is 27.3. The van der Waals surface area contributed by atoms with Crippen LogP contribution in [0.1, 0.15) is 27.1 Å². The minimum Gasteiger partial charge on any atom is -0.207 e. The highest BCUT2D eigenvalue weighted by molar-refractivity contribution is 9.09. The summed E-state index contributed by atoms with van der Waals surface area (Å²) in [5, 5.41) is 0. The molecule has 0 spiro atoms. The number of alkyl halides is 1. The lowest BCUT2D eigenvalue weighted by Gasteiger charge is -2.14. The summed E-state index contributed by atoms with van der Waals surface area (Å²) in [6.07, 6.45) is 0. The maximum Gasteiger partial charge on any atom is 0.129 e. The van der Waals surface area contributed by atoms with Crippen LogP contribution in [-0.2, 0) is 0 Å². The van der Waals surface area contributed by atoms with Crippen LogP contribution in [-0.4, -0.2) is 0 Å². The molecule has 0 saturated carbocycles. The Hall–Kier alpha value is -1.22. The first-order valence-electron chi connectivity index (χ1n) is 5.66. The van der Waals surface area contributed by atoms with E-state index in [0.717, 1.165) is 5.56 Å². The van der Waals surface area contributed by atoms with E-state index in [9.17, 15) is 8.78 Å². The van der Waals surface area contributed by atoms with Crippen molar-refractivity contribution < 1.29 is 8.78 Å². The quantitative estimate of drug-likeness (QED) is 0.680. The predicted molar refractivity (Wildman–Crippen MR) is 73.0 cm³/mol. The normalized spacial score (nSPS) is 12.5. The SMILES string of the molecule is Cc1cc(C(Br)c2ccccc2F)cc(C)c1F. The third-order valence-corrected chi connectivity index (χ3v) is 3.95. The molecule has 3 heteroatoms. The van der Waals surface area contributed by atoms with Gasteiger partial charge < -0.3 is 0 Å². The molecule has 0 nitrogen and oxygen atoms in total. The van der Waals surface area contributed by atoms with Crippen LogP contribution in [0.25, 0.3) is 0 Å². The summed E-state index contributed by atoms with van der Waals surface area (Å²) in [5.74, 6) is -0.467. The summed E-state index contributed by atoms with van der Waals surface area (Å²) in [4.78, 5) is -0.267. The summed E-state index contributed by atoms with van der Waals surface area (Å²) in [6, 6.07) is 10.1. The Labute approximate surface area is 114 Å². The van der Waals surface area contributed by atoms with Crippen LogP contribution in [0, 0.1) is 25.5 Å². The molecule has 0 N–H and O–H groups in total. The van der Waals surface area contributed by atoms with Crippen LogP contribution < -0.4 is 0 Å². The number of hydrogen-bond acceptors (Lipinski definition) is 0. The molecule has 0 heterocycles. The lowest BCUT2D eigenvalue weighted by molar-refractivity contribution is 0.606. The van der Waals surface area contributed by atoms with Gasteiger partial charge in [0.25, 0.3) is 0 Å². The highest BCUT2D eigenvalue weighted by Gasteiger charge is 2.16. The highest BCUT2D eigenvalue weighted by atomic mass is 79.9. The minimum absolute atomic E-state index is 0.202. The molecule has 2 rings (SSSR count). The van der Waals surface area contributed by atoms with Crippen LogP contribution >= 0.6 is 15.9 Å². The smallest absolute Gasteiger partial charge is 0.129 e. The second kappa shape index (κ2) is 5.19. The van der Waals surface area contributed by atoms with Crippen molar-refractivity contribution in [2.45, 2.75) is 18.7 Å². The molecule has 0 aliphatic heterocycles. The summed E-state index contributed by atoms with van der Waals surface area (Å²) >= 11 is 3.48. The zero-order valence-corrected chi connectivity index (χ0v) is 11.8. The number of rotatable bonds is 2. The fourth-order valence-electron chi connectivity index (χ4n) is 1.99. The van der Waals surface area contributed by atoms with Gasteiger partial charge >= 0.3 is 0 Å². The molecule has 0 fully saturated rings. The molecule has 0 aromatic heterocycles. The van der Waals surface area contributed by atoms with E-state index in [1.165, 1.54) is 6.07 Å². The van der Waals surface area contributed by atoms with E-state index in [-0.39, 0.29) is 16.5 Å². The summed E-state index contributed by atoms with van der Waals surface area (Å²) in [7, 11) is 0. The van der Waals surface area contributed by atoms with Crippen molar-refractivity contribution in [2.75, 3.05) is 0 Å². The summed E-state index contributed by atoms with van der Waals surface area (Å²) in [5.41, 5.74) is 2.57. The van der Waals surface area contributed by atoms with Crippen molar-refractivity contribution >= 4 is 15.9 Å². The molecule has 2 aromatic carbocycles. The Morgan fingerprint density at radius 2 is 1.56 bits per heavy atom. The van der Waals surface area contributed by atoms with Crippen molar-refractivity contribution in [1.82, 2.24) is 0 Å². The maximum absolute atomic E-state index is 13.7. The Morgan fingerprint density at radius 3 is 2.11 bits per heavy atom. The lowest BCUT2D eigenvalue weighted by atomic mass is 10.00. The van der Waals surface area contributed by atoms with Crippen LogP contribution in [0.4, 0.5) is 8.78 Å².